The van der Waals surface area contributed by atoms with Crippen molar-refractivity contribution in [2.24, 2.45) is 0 Å². The number of anilines is 3. The lowest BCUT2D eigenvalue weighted by Crippen LogP contribution is -2.26. The Morgan fingerprint density at radius 3 is 3.11 bits per heavy atom. The lowest BCUT2D eigenvalue weighted by atomic mass is 10.2. The normalized spacial score (nSPS) is 13.3. The van der Waals surface area contributed by atoms with E-state index in [2.05, 4.69) is 10.6 Å². The van der Waals surface area contributed by atoms with Crippen LogP contribution in [0.4, 0.5) is 17.1 Å². The number of carbonyl (C=O) groups is 2. The third-order valence-electron chi connectivity index (χ3n) is 2.33. The standard InChI is InChI=1S/C11H13N3O4/c1-17-4-10(15)13-7-3-8-9(2-6(7)12)18-5-11(16)14-8/h2-3H,4-5,12H2,1H3,(H,13,15)(H,14,16). The van der Waals surface area contributed by atoms with Crippen molar-refractivity contribution < 1.29 is 19.1 Å². The molecule has 2 rings (SSSR count). The number of methoxy groups -OCH3 is 1. The number of fused-ring (bicyclic) bond motifs is 1. The summed E-state index contributed by atoms with van der Waals surface area (Å²) in [5.74, 6) is -0.0921. The predicted molar refractivity (Wildman–Crippen MR) is 65.5 cm³/mol. The molecule has 18 heavy (non-hydrogen) atoms. The number of nitrogens with two attached hydrogens (primary N) is 1. The van der Waals surface area contributed by atoms with Gasteiger partial charge >= 0.3 is 0 Å². The molecule has 1 aromatic carbocycles. The number of rotatable bonds is 3. The van der Waals surface area contributed by atoms with Crippen molar-refractivity contribution in [2.75, 3.05) is 36.7 Å². The van der Waals surface area contributed by atoms with Crippen LogP contribution in [0.3, 0.4) is 0 Å². The van der Waals surface area contributed by atoms with Gasteiger partial charge in [0, 0.05) is 13.2 Å². The molecule has 96 valence electrons. The summed E-state index contributed by atoms with van der Waals surface area (Å²) in [5.41, 5.74) is 7.02. The number of carbonyl (C=O) groups excluding carboxylic acids is 2. The molecule has 2 amide bonds. The van der Waals surface area contributed by atoms with Crippen molar-refractivity contribution in [1.29, 1.82) is 0 Å². The van der Waals surface area contributed by atoms with E-state index in [1.54, 1.807) is 12.1 Å². The summed E-state index contributed by atoms with van der Waals surface area (Å²) in [5, 5.41) is 5.21. The first-order valence-electron chi connectivity index (χ1n) is 5.25. The van der Waals surface area contributed by atoms with Crippen LogP contribution in [-0.4, -0.2) is 32.1 Å². The summed E-state index contributed by atoms with van der Waals surface area (Å²) in [7, 11) is 1.42. The number of nitrogen functional groups attached to an aromatic ring is 1. The summed E-state index contributed by atoms with van der Waals surface area (Å²) in [4.78, 5) is 22.6. The van der Waals surface area contributed by atoms with Gasteiger partial charge in [-0.1, -0.05) is 0 Å². The Labute approximate surface area is 103 Å². The van der Waals surface area contributed by atoms with Crippen molar-refractivity contribution in [3.63, 3.8) is 0 Å². The zero-order chi connectivity index (χ0) is 13.1. The topological polar surface area (TPSA) is 103 Å². The molecule has 0 aliphatic carbocycles. The number of benzene rings is 1. The van der Waals surface area contributed by atoms with Crippen molar-refractivity contribution in [3.8, 4) is 5.75 Å². The fourth-order valence-corrected chi connectivity index (χ4v) is 1.57. The van der Waals surface area contributed by atoms with Gasteiger partial charge in [0.2, 0.25) is 5.91 Å². The van der Waals surface area contributed by atoms with Crippen LogP contribution in [0.25, 0.3) is 0 Å². The first kappa shape index (κ1) is 12.2. The van der Waals surface area contributed by atoms with E-state index in [-0.39, 0.29) is 25.0 Å². The van der Waals surface area contributed by atoms with Gasteiger partial charge in [-0.15, -0.1) is 0 Å². The van der Waals surface area contributed by atoms with Crippen molar-refractivity contribution in [1.82, 2.24) is 0 Å². The highest BCUT2D eigenvalue weighted by Gasteiger charge is 2.18. The smallest absolute Gasteiger partial charge is 0.262 e. The van der Waals surface area contributed by atoms with Gasteiger partial charge in [-0.25, -0.2) is 0 Å². The number of ether oxygens (including phenoxy) is 2. The largest absolute Gasteiger partial charge is 0.482 e. The first-order chi connectivity index (χ1) is 8.60. The molecule has 0 unspecified atom stereocenters. The number of amides is 2. The predicted octanol–water partition coefficient (Wildman–Crippen LogP) is 0.185. The van der Waals surface area contributed by atoms with Crippen molar-refractivity contribution in [3.05, 3.63) is 12.1 Å². The minimum atomic E-state index is -0.327. The molecule has 0 saturated heterocycles. The van der Waals surface area contributed by atoms with E-state index >= 15 is 0 Å². The quantitative estimate of drug-likeness (QED) is 0.665. The number of nitrogens with one attached hydrogen (secondary N) is 2. The molecule has 1 aliphatic heterocycles. The zero-order valence-electron chi connectivity index (χ0n) is 9.78. The minimum absolute atomic E-state index is 0.0399. The molecule has 0 spiro atoms. The van der Waals surface area contributed by atoms with Gasteiger partial charge < -0.3 is 25.8 Å². The van der Waals surface area contributed by atoms with Crippen LogP contribution in [0.15, 0.2) is 12.1 Å². The van der Waals surface area contributed by atoms with Crippen LogP contribution in [0.1, 0.15) is 0 Å². The molecule has 0 radical (unpaired) electrons. The van der Waals surface area contributed by atoms with Gasteiger partial charge in [0.25, 0.3) is 5.91 Å². The van der Waals surface area contributed by atoms with Crippen LogP contribution in [0.5, 0.6) is 5.75 Å². The average molecular weight is 251 g/mol. The lowest BCUT2D eigenvalue weighted by Gasteiger charge is -2.20. The zero-order valence-corrected chi connectivity index (χ0v) is 9.78. The average Bonchev–Trinajstić information content (AvgIpc) is 2.31. The van der Waals surface area contributed by atoms with Crippen LogP contribution in [0, 0.1) is 0 Å². The third-order valence-corrected chi connectivity index (χ3v) is 2.33. The fraction of sp³-hybridized carbons (Fsp3) is 0.273. The molecule has 0 atom stereocenters. The Bertz CT molecular complexity index is 501. The van der Waals surface area contributed by atoms with Gasteiger partial charge in [0.05, 0.1) is 17.1 Å². The molecule has 7 heteroatoms. The molecule has 4 N–H and O–H groups in total. The maximum atomic E-state index is 11.4. The molecule has 0 fully saturated rings. The highest BCUT2D eigenvalue weighted by molar-refractivity contribution is 6.00. The minimum Gasteiger partial charge on any atom is -0.482 e. The van der Waals surface area contributed by atoms with E-state index in [4.69, 9.17) is 15.2 Å². The molecule has 0 aromatic heterocycles. The second-order valence-corrected chi connectivity index (χ2v) is 3.75. The van der Waals surface area contributed by atoms with Crippen LogP contribution >= 0.6 is 0 Å². The molecular weight excluding hydrogens is 238 g/mol. The molecule has 1 aliphatic rings. The Balaban J connectivity index is 2.24. The molecular formula is C11H13N3O4. The van der Waals surface area contributed by atoms with Gasteiger partial charge in [-0.2, -0.15) is 0 Å². The molecule has 1 heterocycles. The Hall–Kier alpha value is -2.28. The third kappa shape index (κ3) is 2.51. The number of hydrogen-bond donors (Lipinski definition) is 3. The Morgan fingerprint density at radius 1 is 1.61 bits per heavy atom. The van der Waals surface area contributed by atoms with Gasteiger partial charge in [-0.3, -0.25) is 9.59 Å². The highest BCUT2D eigenvalue weighted by atomic mass is 16.5. The van der Waals surface area contributed by atoms with Crippen LogP contribution in [0.2, 0.25) is 0 Å². The van der Waals surface area contributed by atoms with Gasteiger partial charge in [0.15, 0.2) is 6.61 Å². The molecule has 1 aromatic rings. The van der Waals surface area contributed by atoms with Gasteiger partial charge in [0.1, 0.15) is 12.4 Å². The summed E-state index contributed by atoms with van der Waals surface area (Å²) in [6.07, 6.45) is 0. The van der Waals surface area contributed by atoms with Crippen molar-refractivity contribution in [2.45, 2.75) is 0 Å². The summed E-state index contributed by atoms with van der Waals surface area (Å²) in [6.45, 7) is -0.110. The second-order valence-electron chi connectivity index (χ2n) is 3.75. The van der Waals surface area contributed by atoms with E-state index < -0.39 is 0 Å². The SMILES string of the molecule is COCC(=O)Nc1cc2c(cc1N)OCC(=O)N2. The van der Waals surface area contributed by atoms with Crippen LogP contribution in [-0.2, 0) is 14.3 Å². The summed E-state index contributed by atoms with van der Waals surface area (Å²) in [6, 6.07) is 3.10. The first-order valence-corrected chi connectivity index (χ1v) is 5.25. The van der Waals surface area contributed by atoms with Crippen LogP contribution < -0.4 is 21.1 Å². The van der Waals surface area contributed by atoms with Gasteiger partial charge in [-0.05, 0) is 6.07 Å². The summed E-state index contributed by atoms with van der Waals surface area (Å²) >= 11 is 0. The van der Waals surface area contributed by atoms with E-state index in [0.29, 0.717) is 22.8 Å². The van der Waals surface area contributed by atoms with Crippen molar-refractivity contribution >= 4 is 28.9 Å². The maximum Gasteiger partial charge on any atom is 0.262 e. The van der Waals surface area contributed by atoms with E-state index in [1.165, 1.54) is 7.11 Å². The fourth-order valence-electron chi connectivity index (χ4n) is 1.57. The second kappa shape index (κ2) is 4.92. The van der Waals surface area contributed by atoms with E-state index in [9.17, 15) is 9.59 Å². The lowest BCUT2D eigenvalue weighted by molar-refractivity contribution is -0.120. The number of hydrogen-bond acceptors (Lipinski definition) is 5. The van der Waals surface area contributed by atoms with E-state index in [1.807, 2.05) is 0 Å². The molecule has 7 nitrogen and oxygen atoms in total. The Morgan fingerprint density at radius 2 is 2.39 bits per heavy atom. The summed E-state index contributed by atoms with van der Waals surface area (Å²) < 4.78 is 9.89. The Kier molecular flexibility index (Phi) is 3.33. The maximum absolute atomic E-state index is 11.4. The molecule has 0 saturated carbocycles. The monoisotopic (exact) mass is 251 g/mol. The van der Waals surface area contributed by atoms with E-state index in [0.717, 1.165) is 0 Å². The highest BCUT2D eigenvalue weighted by Crippen LogP contribution is 2.35. The molecule has 0 bridgehead atoms.